The summed E-state index contributed by atoms with van der Waals surface area (Å²) in [5, 5.41) is 12.1. The number of amides is 1. The third-order valence-electron chi connectivity index (χ3n) is 3.29. The first kappa shape index (κ1) is 11.3. The van der Waals surface area contributed by atoms with Crippen molar-refractivity contribution < 1.29 is 19.4 Å². The first-order valence-corrected chi connectivity index (χ1v) is 5.40. The lowest BCUT2D eigenvalue weighted by molar-refractivity contribution is -0.150. The van der Waals surface area contributed by atoms with E-state index in [4.69, 9.17) is 9.84 Å². The summed E-state index contributed by atoms with van der Waals surface area (Å²) in [7, 11) is 1.54. The monoisotopic (exact) mass is 228 g/mol. The lowest BCUT2D eigenvalue weighted by Crippen LogP contribution is -2.54. The number of hydrogen-bond donors (Lipinski definition) is 2. The Hall–Kier alpha value is -1.14. The first-order chi connectivity index (χ1) is 7.63. The van der Waals surface area contributed by atoms with Crippen molar-refractivity contribution in [3.8, 4) is 0 Å². The van der Waals surface area contributed by atoms with Crippen LogP contribution in [-0.4, -0.2) is 60.8 Å². The molecule has 2 N–H and O–H groups in total. The third kappa shape index (κ3) is 1.90. The van der Waals surface area contributed by atoms with Gasteiger partial charge in [0.2, 0.25) is 5.91 Å². The summed E-state index contributed by atoms with van der Waals surface area (Å²) < 4.78 is 5.13. The van der Waals surface area contributed by atoms with Crippen LogP contribution in [0.15, 0.2) is 0 Å². The van der Waals surface area contributed by atoms with Crippen LogP contribution in [0.4, 0.5) is 0 Å². The Labute approximate surface area is 93.6 Å². The van der Waals surface area contributed by atoms with Gasteiger partial charge in [0, 0.05) is 33.2 Å². The summed E-state index contributed by atoms with van der Waals surface area (Å²) in [5.74, 6) is -1.07. The number of hydrogen-bond acceptors (Lipinski definition) is 4. The molecule has 0 saturated carbocycles. The van der Waals surface area contributed by atoms with Crippen LogP contribution in [0.25, 0.3) is 0 Å². The van der Waals surface area contributed by atoms with Crippen LogP contribution >= 0.6 is 0 Å². The van der Waals surface area contributed by atoms with Crippen molar-refractivity contribution in [3.05, 3.63) is 0 Å². The van der Waals surface area contributed by atoms with Gasteiger partial charge >= 0.3 is 5.97 Å². The minimum atomic E-state index is -0.944. The van der Waals surface area contributed by atoms with Crippen LogP contribution < -0.4 is 5.32 Å². The van der Waals surface area contributed by atoms with Crippen LogP contribution in [0.1, 0.15) is 6.42 Å². The zero-order valence-corrected chi connectivity index (χ0v) is 9.18. The molecule has 2 aliphatic heterocycles. The molecule has 2 saturated heterocycles. The molecular formula is C10H16N2O4. The molecule has 90 valence electrons. The van der Waals surface area contributed by atoms with Gasteiger partial charge < -0.3 is 20.1 Å². The second kappa shape index (κ2) is 4.39. The van der Waals surface area contributed by atoms with Gasteiger partial charge in [-0.2, -0.15) is 0 Å². The van der Waals surface area contributed by atoms with Crippen LogP contribution in [0.3, 0.4) is 0 Å². The fourth-order valence-corrected chi connectivity index (χ4v) is 2.14. The van der Waals surface area contributed by atoms with Gasteiger partial charge in [0.1, 0.15) is 6.04 Å². The van der Waals surface area contributed by atoms with Gasteiger partial charge in [0.15, 0.2) is 0 Å². The van der Waals surface area contributed by atoms with E-state index in [9.17, 15) is 9.59 Å². The van der Waals surface area contributed by atoms with Crippen LogP contribution in [-0.2, 0) is 14.3 Å². The maximum absolute atomic E-state index is 12.0. The van der Waals surface area contributed by atoms with Crippen LogP contribution in [0, 0.1) is 5.92 Å². The summed E-state index contributed by atoms with van der Waals surface area (Å²) in [6, 6.07) is -0.724. The highest BCUT2D eigenvalue weighted by Gasteiger charge is 2.42. The number of aliphatic carboxylic acids is 1. The highest BCUT2D eigenvalue weighted by Crippen LogP contribution is 2.23. The number of methoxy groups -OCH3 is 1. The van der Waals surface area contributed by atoms with Crippen molar-refractivity contribution in [1.82, 2.24) is 10.2 Å². The number of nitrogens with zero attached hydrogens (tertiary/aromatic N) is 1. The molecule has 6 nitrogen and oxygen atoms in total. The molecule has 16 heavy (non-hydrogen) atoms. The van der Waals surface area contributed by atoms with E-state index >= 15 is 0 Å². The van der Waals surface area contributed by atoms with E-state index in [1.807, 2.05) is 0 Å². The average molecular weight is 228 g/mol. The van der Waals surface area contributed by atoms with E-state index in [-0.39, 0.29) is 17.9 Å². The second-order valence-electron chi connectivity index (χ2n) is 4.29. The van der Waals surface area contributed by atoms with E-state index in [1.165, 1.54) is 4.90 Å². The molecule has 0 bridgehead atoms. The number of carboxylic acid groups (broad SMARTS) is 1. The largest absolute Gasteiger partial charge is 0.480 e. The smallest absolute Gasteiger partial charge is 0.326 e. The van der Waals surface area contributed by atoms with Crippen molar-refractivity contribution in [2.75, 3.05) is 26.7 Å². The Morgan fingerprint density at radius 3 is 2.56 bits per heavy atom. The Morgan fingerprint density at radius 2 is 2.12 bits per heavy atom. The molecule has 2 fully saturated rings. The van der Waals surface area contributed by atoms with Crippen molar-refractivity contribution in [3.63, 3.8) is 0 Å². The number of nitrogens with one attached hydrogen (secondary N) is 1. The summed E-state index contributed by atoms with van der Waals surface area (Å²) in [6.45, 7) is 1.70. The molecule has 0 aromatic rings. The fourth-order valence-electron chi connectivity index (χ4n) is 2.14. The van der Waals surface area contributed by atoms with Crippen molar-refractivity contribution >= 4 is 11.9 Å². The third-order valence-corrected chi connectivity index (χ3v) is 3.29. The summed E-state index contributed by atoms with van der Waals surface area (Å²) in [5.41, 5.74) is 0. The lowest BCUT2D eigenvalue weighted by Gasteiger charge is -2.32. The fraction of sp³-hybridized carbons (Fsp3) is 0.800. The minimum absolute atomic E-state index is 0.0579. The molecule has 0 radical (unpaired) electrons. The molecule has 0 aromatic carbocycles. The number of carbonyl (C=O) groups excluding carboxylic acids is 1. The maximum atomic E-state index is 12.0. The molecular weight excluding hydrogens is 212 g/mol. The van der Waals surface area contributed by atoms with Crippen LogP contribution in [0.5, 0.6) is 0 Å². The van der Waals surface area contributed by atoms with Gasteiger partial charge in [-0.3, -0.25) is 4.79 Å². The van der Waals surface area contributed by atoms with Gasteiger partial charge in [-0.05, 0) is 0 Å². The van der Waals surface area contributed by atoms with E-state index in [2.05, 4.69) is 5.32 Å². The Kier molecular flexibility index (Phi) is 3.11. The average Bonchev–Trinajstić information content (AvgIpc) is 2.58. The number of carbonyl (C=O) groups is 2. The predicted octanol–water partition coefficient (Wildman–Crippen LogP) is -1.09. The Balaban J connectivity index is 2.05. The molecule has 2 heterocycles. The van der Waals surface area contributed by atoms with Crippen molar-refractivity contribution in [1.29, 1.82) is 0 Å². The molecule has 2 atom stereocenters. The minimum Gasteiger partial charge on any atom is -0.480 e. The van der Waals surface area contributed by atoms with Crippen molar-refractivity contribution in [2.45, 2.75) is 18.6 Å². The standard InChI is InChI=1S/C10H16N2O4/c1-16-7-2-8(10(14)15)12(5-7)9(13)6-3-11-4-6/h6-8,11H,2-5H2,1H3,(H,14,15). The number of ether oxygens (including phenoxy) is 1. The maximum Gasteiger partial charge on any atom is 0.326 e. The molecule has 2 aliphatic rings. The lowest BCUT2D eigenvalue weighted by atomic mass is 10.0. The molecule has 1 amide bonds. The second-order valence-corrected chi connectivity index (χ2v) is 4.29. The number of likely N-dealkylation sites (tertiary alicyclic amines) is 1. The molecule has 6 heteroatoms. The Morgan fingerprint density at radius 1 is 1.44 bits per heavy atom. The summed E-state index contributed by atoms with van der Waals surface area (Å²) in [6.07, 6.45) is 0.232. The van der Waals surface area contributed by atoms with E-state index in [1.54, 1.807) is 7.11 Å². The predicted molar refractivity (Wildman–Crippen MR) is 54.9 cm³/mol. The van der Waals surface area contributed by atoms with E-state index in [0.29, 0.717) is 26.1 Å². The molecule has 0 aromatic heterocycles. The number of rotatable bonds is 3. The van der Waals surface area contributed by atoms with E-state index in [0.717, 1.165) is 0 Å². The highest BCUT2D eigenvalue weighted by molar-refractivity contribution is 5.86. The quantitative estimate of drug-likeness (QED) is 0.641. The van der Waals surface area contributed by atoms with Gasteiger partial charge in [-0.25, -0.2) is 4.79 Å². The molecule has 2 unspecified atom stereocenters. The van der Waals surface area contributed by atoms with Crippen LogP contribution in [0.2, 0.25) is 0 Å². The van der Waals surface area contributed by atoms with Gasteiger partial charge in [-0.15, -0.1) is 0 Å². The Bertz CT molecular complexity index is 303. The van der Waals surface area contributed by atoms with E-state index < -0.39 is 12.0 Å². The van der Waals surface area contributed by atoms with Crippen molar-refractivity contribution in [2.24, 2.45) is 5.92 Å². The SMILES string of the molecule is COC1CC(C(=O)O)N(C(=O)C2CNC2)C1. The normalized spacial score (nSPS) is 30.2. The zero-order valence-electron chi connectivity index (χ0n) is 9.18. The molecule has 0 aliphatic carbocycles. The molecule has 0 spiro atoms. The topological polar surface area (TPSA) is 78.9 Å². The highest BCUT2D eigenvalue weighted by atomic mass is 16.5. The summed E-state index contributed by atoms with van der Waals surface area (Å²) in [4.78, 5) is 24.5. The van der Waals surface area contributed by atoms with Gasteiger partial charge in [0.25, 0.3) is 0 Å². The zero-order chi connectivity index (χ0) is 11.7. The molecule has 2 rings (SSSR count). The van der Waals surface area contributed by atoms with Gasteiger partial charge in [0.05, 0.1) is 12.0 Å². The first-order valence-electron chi connectivity index (χ1n) is 5.40. The van der Waals surface area contributed by atoms with Gasteiger partial charge in [-0.1, -0.05) is 0 Å². The number of carboxylic acids is 1. The summed E-state index contributed by atoms with van der Waals surface area (Å²) >= 11 is 0.